The molecule has 2 aromatic rings. The number of rotatable bonds is 2. The van der Waals surface area contributed by atoms with Crippen molar-refractivity contribution in [3.8, 4) is 11.3 Å². The molecule has 2 rings (SSSR count). The first-order chi connectivity index (χ1) is 7.22. The summed E-state index contributed by atoms with van der Waals surface area (Å²) in [7, 11) is 0. The summed E-state index contributed by atoms with van der Waals surface area (Å²) in [6.07, 6.45) is 3.64. The number of halogens is 2. The van der Waals surface area contributed by atoms with Crippen LogP contribution in [0, 0.1) is 11.6 Å². The van der Waals surface area contributed by atoms with E-state index >= 15 is 0 Å². The van der Waals surface area contributed by atoms with Crippen LogP contribution < -0.4 is 0 Å². The van der Waals surface area contributed by atoms with Crippen LogP contribution in [-0.2, 0) is 0 Å². The molecule has 0 fully saturated rings. The molecule has 78 valence electrons. The molecule has 0 aliphatic heterocycles. The minimum Gasteiger partial charge on any atom is -0.360 e. The highest BCUT2D eigenvalue weighted by atomic mass is 32.2. The van der Waals surface area contributed by atoms with E-state index in [4.69, 9.17) is 0 Å². The van der Waals surface area contributed by atoms with Crippen molar-refractivity contribution in [2.75, 3.05) is 6.26 Å². The summed E-state index contributed by atoms with van der Waals surface area (Å²) in [5, 5.41) is 0. The van der Waals surface area contributed by atoms with Gasteiger partial charge in [0.15, 0.2) is 0 Å². The van der Waals surface area contributed by atoms with Crippen LogP contribution in [0.25, 0.3) is 11.3 Å². The Balaban J connectivity index is 2.53. The Morgan fingerprint density at radius 1 is 1.20 bits per heavy atom. The largest absolute Gasteiger partial charge is 0.360 e. The van der Waals surface area contributed by atoms with Gasteiger partial charge in [0, 0.05) is 11.1 Å². The lowest BCUT2D eigenvalue weighted by Gasteiger charge is -2.01. The standard InChI is InChI=1S/C11H9F2NS/c1-15-7-5-10(14-6-7)11-8(12)3-2-4-9(11)13/h2-6,14H,1H3. The summed E-state index contributed by atoms with van der Waals surface area (Å²) in [5.74, 6) is -1.10. The average molecular weight is 225 g/mol. The van der Waals surface area contributed by atoms with Crippen LogP contribution in [0.5, 0.6) is 0 Å². The summed E-state index contributed by atoms with van der Waals surface area (Å²) >= 11 is 1.52. The Morgan fingerprint density at radius 2 is 1.87 bits per heavy atom. The first-order valence-electron chi connectivity index (χ1n) is 4.39. The van der Waals surface area contributed by atoms with Crippen molar-refractivity contribution in [2.24, 2.45) is 0 Å². The van der Waals surface area contributed by atoms with Gasteiger partial charge in [-0.15, -0.1) is 11.8 Å². The highest BCUT2D eigenvalue weighted by molar-refractivity contribution is 7.98. The number of aromatic amines is 1. The molecule has 0 unspecified atom stereocenters. The van der Waals surface area contributed by atoms with Crippen molar-refractivity contribution in [1.82, 2.24) is 4.98 Å². The van der Waals surface area contributed by atoms with Gasteiger partial charge in [-0.05, 0) is 24.5 Å². The highest BCUT2D eigenvalue weighted by Gasteiger charge is 2.12. The van der Waals surface area contributed by atoms with E-state index in [-0.39, 0.29) is 5.56 Å². The summed E-state index contributed by atoms with van der Waals surface area (Å²) in [6.45, 7) is 0. The number of nitrogens with one attached hydrogen (secondary N) is 1. The third-order valence-corrected chi connectivity index (χ3v) is 2.83. The summed E-state index contributed by atoms with van der Waals surface area (Å²) < 4.78 is 26.8. The third kappa shape index (κ3) is 1.90. The Bertz CT molecular complexity index is 459. The second-order valence-electron chi connectivity index (χ2n) is 3.05. The van der Waals surface area contributed by atoms with Crippen LogP contribution in [-0.4, -0.2) is 11.2 Å². The highest BCUT2D eigenvalue weighted by Crippen LogP contribution is 2.27. The van der Waals surface area contributed by atoms with E-state index in [2.05, 4.69) is 4.98 Å². The van der Waals surface area contributed by atoms with E-state index in [1.165, 1.54) is 30.0 Å². The van der Waals surface area contributed by atoms with Gasteiger partial charge in [-0.25, -0.2) is 8.78 Å². The maximum absolute atomic E-state index is 13.4. The molecule has 0 atom stereocenters. The lowest BCUT2D eigenvalue weighted by atomic mass is 10.1. The number of H-pyrrole nitrogens is 1. The smallest absolute Gasteiger partial charge is 0.135 e. The van der Waals surface area contributed by atoms with Gasteiger partial charge in [-0.2, -0.15) is 0 Å². The Morgan fingerprint density at radius 3 is 2.40 bits per heavy atom. The fraction of sp³-hybridized carbons (Fsp3) is 0.0909. The minimum atomic E-state index is -0.551. The van der Waals surface area contributed by atoms with Gasteiger partial charge in [0.25, 0.3) is 0 Å². The maximum Gasteiger partial charge on any atom is 0.135 e. The number of thioether (sulfide) groups is 1. The van der Waals surface area contributed by atoms with E-state index in [1.807, 2.05) is 6.26 Å². The molecule has 0 aliphatic rings. The summed E-state index contributed by atoms with van der Waals surface area (Å²) in [5.41, 5.74) is 0.466. The Hall–Kier alpha value is -1.29. The molecule has 0 radical (unpaired) electrons. The molecule has 1 aromatic carbocycles. The first kappa shape index (κ1) is 10.2. The fourth-order valence-electron chi connectivity index (χ4n) is 1.39. The third-order valence-electron chi connectivity index (χ3n) is 2.12. The molecule has 0 bridgehead atoms. The molecule has 0 spiro atoms. The summed E-state index contributed by atoms with van der Waals surface area (Å²) in [4.78, 5) is 3.81. The Kier molecular flexibility index (Phi) is 2.77. The van der Waals surface area contributed by atoms with Gasteiger partial charge < -0.3 is 4.98 Å². The monoisotopic (exact) mass is 225 g/mol. The van der Waals surface area contributed by atoms with Crippen molar-refractivity contribution < 1.29 is 8.78 Å². The molecular formula is C11H9F2NS. The molecule has 4 heteroatoms. The predicted molar refractivity (Wildman–Crippen MR) is 57.9 cm³/mol. The van der Waals surface area contributed by atoms with Crippen molar-refractivity contribution in [3.05, 3.63) is 42.1 Å². The van der Waals surface area contributed by atoms with Crippen LogP contribution in [0.2, 0.25) is 0 Å². The second kappa shape index (κ2) is 4.06. The van der Waals surface area contributed by atoms with Gasteiger partial charge in [-0.3, -0.25) is 0 Å². The van der Waals surface area contributed by atoms with E-state index < -0.39 is 11.6 Å². The number of hydrogen-bond acceptors (Lipinski definition) is 1. The van der Waals surface area contributed by atoms with Crippen LogP contribution in [0.15, 0.2) is 35.4 Å². The van der Waals surface area contributed by atoms with Crippen LogP contribution >= 0.6 is 11.8 Å². The molecule has 1 aromatic heterocycles. The number of hydrogen-bond donors (Lipinski definition) is 1. The molecule has 1 heterocycles. The van der Waals surface area contributed by atoms with Crippen LogP contribution in [0.3, 0.4) is 0 Å². The fourth-order valence-corrected chi connectivity index (χ4v) is 1.80. The topological polar surface area (TPSA) is 15.8 Å². The quantitative estimate of drug-likeness (QED) is 0.771. The first-order valence-corrected chi connectivity index (χ1v) is 5.61. The zero-order chi connectivity index (χ0) is 10.8. The molecule has 15 heavy (non-hydrogen) atoms. The van der Waals surface area contributed by atoms with E-state index in [0.29, 0.717) is 5.69 Å². The molecule has 0 saturated carbocycles. The molecule has 0 amide bonds. The van der Waals surface area contributed by atoms with Crippen molar-refractivity contribution in [1.29, 1.82) is 0 Å². The summed E-state index contributed by atoms with van der Waals surface area (Å²) in [6, 6.07) is 5.58. The minimum absolute atomic E-state index is 0.00204. The molecule has 1 N–H and O–H groups in total. The lowest BCUT2D eigenvalue weighted by Crippen LogP contribution is -1.88. The number of aromatic nitrogens is 1. The van der Waals surface area contributed by atoms with E-state index in [9.17, 15) is 8.78 Å². The van der Waals surface area contributed by atoms with E-state index in [0.717, 1.165) is 4.90 Å². The van der Waals surface area contributed by atoms with Gasteiger partial charge in [0.05, 0.1) is 11.3 Å². The molecular weight excluding hydrogens is 216 g/mol. The Labute approximate surface area is 90.5 Å². The van der Waals surface area contributed by atoms with Crippen LogP contribution in [0.4, 0.5) is 8.78 Å². The van der Waals surface area contributed by atoms with Gasteiger partial charge in [-0.1, -0.05) is 6.07 Å². The van der Waals surface area contributed by atoms with Gasteiger partial charge in [0.2, 0.25) is 0 Å². The zero-order valence-corrected chi connectivity index (χ0v) is 8.87. The number of benzene rings is 1. The van der Waals surface area contributed by atoms with Gasteiger partial charge >= 0.3 is 0 Å². The SMILES string of the molecule is CSc1c[nH]c(-c2c(F)cccc2F)c1. The van der Waals surface area contributed by atoms with E-state index in [1.54, 1.807) is 12.3 Å². The average Bonchev–Trinajstić information content (AvgIpc) is 2.66. The lowest BCUT2D eigenvalue weighted by molar-refractivity contribution is 0.589. The predicted octanol–water partition coefficient (Wildman–Crippen LogP) is 3.68. The van der Waals surface area contributed by atoms with Crippen molar-refractivity contribution >= 4 is 11.8 Å². The zero-order valence-electron chi connectivity index (χ0n) is 8.05. The molecule has 1 nitrogen and oxygen atoms in total. The molecule has 0 aliphatic carbocycles. The second-order valence-corrected chi connectivity index (χ2v) is 3.93. The molecule has 0 saturated heterocycles. The van der Waals surface area contributed by atoms with Crippen molar-refractivity contribution in [3.63, 3.8) is 0 Å². The normalized spacial score (nSPS) is 10.6. The maximum atomic E-state index is 13.4. The van der Waals surface area contributed by atoms with Crippen molar-refractivity contribution in [2.45, 2.75) is 4.90 Å². The van der Waals surface area contributed by atoms with Gasteiger partial charge in [0.1, 0.15) is 11.6 Å². The van der Waals surface area contributed by atoms with Crippen LogP contribution in [0.1, 0.15) is 0 Å².